The monoisotopic (exact) mass is 676 g/mol. The van der Waals surface area contributed by atoms with Gasteiger partial charge >= 0.3 is 6.01 Å². The first-order valence-corrected chi connectivity index (χ1v) is 17.4. The number of nitrogens with two attached hydrogens (primary N) is 1. The van der Waals surface area contributed by atoms with E-state index in [1.54, 1.807) is 7.11 Å². The molecule has 14 heteroatoms. The van der Waals surface area contributed by atoms with Gasteiger partial charge < -0.3 is 24.8 Å². The number of likely N-dealkylation sites (tertiary alicyclic amines) is 2. The van der Waals surface area contributed by atoms with Crippen LogP contribution in [0, 0.1) is 23.0 Å². The number of nitrogens with zero attached hydrogens (tertiary/aromatic N) is 7. The number of hydrogen-bond donors (Lipinski definition) is 1. The highest BCUT2D eigenvalue weighted by Gasteiger charge is 2.43. The van der Waals surface area contributed by atoms with Crippen molar-refractivity contribution in [3.63, 3.8) is 0 Å². The number of aromatic nitrogens is 3. The lowest BCUT2D eigenvalue weighted by Gasteiger charge is -2.42. The van der Waals surface area contributed by atoms with E-state index in [1.165, 1.54) is 0 Å². The minimum absolute atomic E-state index is 0.0778. The topological polar surface area (TPSA) is 126 Å². The number of piperazine rings is 1. The maximum atomic E-state index is 17.4. The summed E-state index contributed by atoms with van der Waals surface area (Å²) < 4.78 is 50.4. The first-order chi connectivity index (χ1) is 23.3. The summed E-state index contributed by atoms with van der Waals surface area (Å²) in [6, 6.07) is 2.74. The molecule has 11 nitrogen and oxygen atoms in total. The Balaban J connectivity index is 1.34. The Labute approximate surface area is 281 Å². The van der Waals surface area contributed by atoms with Gasteiger partial charge in [-0.3, -0.25) is 14.8 Å². The van der Waals surface area contributed by atoms with E-state index in [0.29, 0.717) is 23.4 Å². The quantitative estimate of drug-likeness (QED) is 0.276. The van der Waals surface area contributed by atoms with Crippen LogP contribution in [0.25, 0.3) is 32.2 Å². The maximum Gasteiger partial charge on any atom is 0.319 e. The molecule has 4 aromatic rings. The Kier molecular flexibility index (Phi) is 8.08. The van der Waals surface area contributed by atoms with E-state index in [4.69, 9.17) is 29.9 Å². The molecule has 4 atom stereocenters. The van der Waals surface area contributed by atoms with Gasteiger partial charge in [-0.25, -0.2) is 8.78 Å². The minimum atomic E-state index is -0.631. The number of benzene rings is 1. The van der Waals surface area contributed by atoms with Crippen molar-refractivity contribution >= 4 is 43.1 Å². The Morgan fingerprint density at radius 2 is 1.92 bits per heavy atom. The molecule has 2 unspecified atom stereocenters. The number of nitrogen functional groups attached to an aromatic ring is 1. The predicted molar refractivity (Wildman–Crippen MR) is 179 cm³/mol. The molecule has 0 amide bonds. The number of halogens is 2. The molecule has 1 aromatic carbocycles. The highest BCUT2D eigenvalue weighted by molar-refractivity contribution is 7.23. The summed E-state index contributed by atoms with van der Waals surface area (Å²) in [6.07, 6.45) is 4.89. The van der Waals surface area contributed by atoms with Crippen molar-refractivity contribution in [3.8, 4) is 23.3 Å². The largest absolute Gasteiger partial charge is 0.459 e. The molecule has 0 radical (unpaired) electrons. The molecule has 4 aliphatic rings. The van der Waals surface area contributed by atoms with Crippen LogP contribution in [0.4, 0.5) is 19.6 Å². The molecule has 3 fully saturated rings. The number of hydrogen-bond acceptors (Lipinski definition) is 12. The second-order valence-corrected chi connectivity index (χ2v) is 14.4. The fourth-order valence-electron chi connectivity index (χ4n) is 8.38. The zero-order valence-electron chi connectivity index (χ0n) is 27.3. The van der Waals surface area contributed by atoms with E-state index >= 15 is 8.78 Å². The number of fused-ring (bicyclic) bond motifs is 6. The lowest BCUT2D eigenvalue weighted by atomic mass is 9.93. The molecule has 4 aliphatic heterocycles. The van der Waals surface area contributed by atoms with Crippen LogP contribution in [0.3, 0.4) is 0 Å². The third-order valence-electron chi connectivity index (χ3n) is 10.6. The Morgan fingerprint density at radius 1 is 1.15 bits per heavy atom. The normalized spacial score (nSPS) is 23.3. The number of pyridine rings is 1. The van der Waals surface area contributed by atoms with Gasteiger partial charge in [-0.1, -0.05) is 0 Å². The number of thiophene rings is 1. The third kappa shape index (κ3) is 4.97. The summed E-state index contributed by atoms with van der Waals surface area (Å²) in [5.74, 6) is -0.594. The van der Waals surface area contributed by atoms with Gasteiger partial charge in [-0.15, -0.1) is 11.3 Å². The summed E-state index contributed by atoms with van der Waals surface area (Å²) in [7, 11) is 3.80. The summed E-state index contributed by atoms with van der Waals surface area (Å²) in [4.78, 5) is 21.3. The molecule has 252 valence electrons. The van der Waals surface area contributed by atoms with Gasteiger partial charge in [0.1, 0.15) is 28.5 Å². The molecular weight excluding hydrogens is 638 g/mol. The van der Waals surface area contributed by atoms with Crippen LogP contribution in [0.2, 0.25) is 0 Å². The second-order valence-electron chi connectivity index (χ2n) is 13.4. The van der Waals surface area contributed by atoms with Crippen LogP contribution in [0.15, 0.2) is 6.20 Å². The SMILES string of the molecule is COCCN1CC2CCC(C1)N2c1nc(O[C@@H](C)[C@@H]2CCCN2C)nc2c(F)c(-c3ncc(F)c4sc(N)c(C#N)c34)c3c(c12)COC3. The van der Waals surface area contributed by atoms with Crippen molar-refractivity contribution in [2.75, 3.05) is 57.6 Å². The van der Waals surface area contributed by atoms with Crippen LogP contribution in [0.1, 0.15) is 49.3 Å². The van der Waals surface area contributed by atoms with Crippen molar-refractivity contribution in [1.29, 1.82) is 5.26 Å². The van der Waals surface area contributed by atoms with Crippen molar-refractivity contribution in [3.05, 3.63) is 34.5 Å². The zero-order chi connectivity index (χ0) is 33.3. The van der Waals surface area contributed by atoms with Crippen LogP contribution in [0.5, 0.6) is 6.01 Å². The molecule has 8 rings (SSSR count). The Bertz CT molecular complexity index is 1950. The van der Waals surface area contributed by atoms with Crippen molar-refractivity contribution in [2.24, 2.45) is 0 Å². The molecule has 3 saturated heterocycles. The average Bonchev–Trinajstić information content (AvgIpc) is 3.86. The predicted octanol–water partition coefficient (Wildman–Crippen LogP) is 4.83. The van der Waals surface area contributed by atoms with E-state index in [1.807, 2.05) is 6.92 Å². The number of likely N-dealkylation sites (N-methyl/N-ethyl adjacent to an activating group) is 1. The number of rotatable bonds is 8. The standard InChI is InChI=1S/C34H38F2N8O3S/c1-17(24-5-4-8-42(24)2)47-34-40-30-27(33(41-34)44-18-6-7-19(44)14-43(13-18)9-10-45-3)22-16-46-15-21(22)25(28(30)36)29-26-20(11-37)32(38)48-31(26)23(35)12-39-29/h12,17-19,24H,4-10,13-16,38H2,1-3H3/t17-,18?,19?,24-/m0/s1. The fourth-order valence-corrected chi connectivity index (χ4v) is 9.30. The van der Waals surface area contributed by atoms with E-state index in [0.717, 1.165) is 75.0 Å². The van der Waals surface area contributed by atoms with Crippen molar-refractivity contribution in [2.45, 2.75) is 70.1 Å². The van der Waals surface area contributed by atoms with Crippen LogP contribution in [-0.4, -0.2) is 95.9 Å². The van der Waals surface area contributed by atoms with Crippen molar-refractivity contribution in [1.82, 2.24) is 24.8 Å². The summed E-state index contributed by atoms with van der Waals surface area (Å²) in [6.45, 7) is 6.55. The second kappa shape index (κ2) is 12.3. The van der Waals surface area contributed by atoms with Gasteiger partial charge in [0.05, 0.1) is 47.4 Å². The molecule has 3 aromatic heterocycles. The molecular formula is C34H38F2N8O3S. The Hall–Kier alpha value is -3.74. The number of ether oxygens (including phenoxy) is 3. The summed E-state index contributed by atoms with van der Waals surface area (Å²) in [5, 5.41) is 10.9. The highest BCUT2D eigenvalue weighted by atomic mass is 32.1. The summed E-state index contributed by atoms with van der Waals surface area (Å²) >= 11 is 0.955. The fraction of sp³-hybridized carbons (Fsp3) is 0.529. The lowest BCUT2D eigenvalue weighted by Crippen LogP contribution is -2.54. The smallest absolute Gasteiger partial charge is 0.319 e. The molecule has 2 bridgehead atoms. The third-order valence-corrected chi connectivity index (χ3v) is 11.7. The van der Waals surface area contributed by atoms with E-state index in [9.17, 15) is 5.26 Å². The lowest BCUT2D eigenvalue weighted by molar-refractivity contribution is 0.112. The number of anilines is 2. The first-order valence-electron chi connectivity index (χ1n) is 16.5. The average molecular weight is 677 g/mol. The summed E-state index contributed by atoms with van der Waals surface area (Å²) in [5.41, 5.74) is 7.98. The minimum Gasteiger partial charge on any atom is -0.459 e. The zero-order valence-corrected chi connectivity index (χ0v) is 28.1. The van der Waals surface area contributed by atoms with Crippen LogP contribution < -0.4 is 15.4 Å². The number of nitriles is 1. The molecule has 2 N–H and O–H groups in total. The Morgan fingerprint density at radius 3 is 2.62 bits per heavy atom. The van der Waals surface area contributed by atoms with Gasteiger partial charge in [0.15, 0.2) is 11.6 Å². The van der Waals surface area contributed by atoms with Gasteiger partial charge in [0.25, 0.3) is 0 Å². The van der Waals surface area contributed by atoms with Gasteiger partial charge in [-0.2, -0.15) is 15.2 Å². The van der Waals surface area contributed by atoms with Gasteiger partial charge in [0.2, 0.25) is 0 Å². The molecule has 0 aliphatic carbocycles. The number of methoxy groups -OCH3 is 1. The van der Waals surface area contributed by atoms with Gasteiger partial charge in [0, 0.05) is 55.8 Å². The van der Waals surface area contributed by atoms with Gasteiger partial charge in [-0.05, 0) is 57.3 Å². The molecule has 0 spiro atoms. The molecule has 0 saturated carbocycles. The van der Waals surface area contributed by atoms with E-state index < -0.39 is 11.6 Å². The maximum absolute atomic E-state index is 17.4. The molecule has 48 heavy (non-hydrogen) atoms. The van der Waals surface area contributed by atoms with E-state index in [-0.39, 0.29) is 80.9 Å². The highest BCUT2D eigenvalue weighted by Crippen LogP contribution is 2.48. The first kappa shape index (κ1) is 31.5. The van der Waals surface area contributed by atoms with Crippen LogP contribution in [-0.2, 0) is 22.7 Å². The van der Waals surface area contributed by atoms with Crippen LogP contribution >= 0.6 is 11.3 Å². The van der Waals surface area contributed by atoms with Crippen molar-refractivity contribution < 1.29 is 23.0 Å². The van der Waals surface area contributed by atoms with E-state index in [2.05, 4.69) is 32.8 Å². The molecule has 7 heterocycles.